The molecule has 0 radical (unpaired) electrons. The summed E-state index contributed by atoms with van der Waals surface area (Å²) in [6.07, 6.45) is 1.91. The van der Waals surface area contributed by atoms with Crippen LogP contribution in [0.4, 0.5) is 0 Å². The zero-order valence-electron chi connectivity index (χ0n) is 11.5. The lowest BCUT2D eigenvalue weighted by Crippen LogP contribution is -2.23. The highest BCUT2D eigenvalue weighted by Crippen LogP contribution is 2.21. The molecule has 0 atom stereocenters. The van der Waals surface area contributed by atoms with Crippen molar-refractivity contribution < 1.29 is 14.7 Å². The molecule has 0 saturated heterocycles. The largest absolute Gasteiger partial charge is 0.477 e. The molecule has 0 saturated carbocycles. The Bertz CT molecular complexity index is 683. The van der Waals surface area contributed by atoms with Crippen LogP contribution in [0.25, 0.3) is 0 Å². The lowest BCUT2D eigenvalue weighted by Gasteiger charge is -2.07. The van der Waals surface area contributed by atoms with E-state index in [9.17, 15) is 9.59 Å². The summed E-state index contributed by atoms with van der Waals surface area (Å²) in [7, 11) is 0. The second-order valence-corrected chi connectivity index (χ2v) is 6.14. The Morgan fingerprint density at radius 1 is 1.38 bits per heavy atom. The highest BCUT2D eigenvalue weighted by molar-refractivity contribution is 7.98. The van der Waals surface area contributed by atoms with Crippen molar-refractivity contribution in [3.63, 3.8) is 0 Å². The number of aromatic carboxylic acids is 1. The summed E-state index contributed by atoms with van der Waals surface area (Å²) >= 11 is 2.59. The molecule has 1 amide bonds. The summed E-state index contributed by atoms with van der Waals surface area (Å²) in [5.41, 5.74) is 1.08. The molecule has 0 aliphatic rings. The van der Waals surface area contributed by atoms with Crippen LogP contribution >= 0.6 is 23.1 Å². The number of hydrogen-bond donors (Lipinski definition) is 2. The average Bonchev–Trinajstić information content (AvgIpc) is 2.86. The van der Waals surface area contributed by atoms with Crippen molar-refractivity contribution in [2.45, 2.75) is 18.4 Å². The van der Waals surface area contributed by atoms with Gasteiger partial charge in [0, 0.05) is 4.90 Å². The Morgan fingerprint density at radius 3 is 2.71 bits per heavy atom. The van der Waals surface area contributed by atoms with Crippen molar-refractivity contribution in [1.82, 2.24) is 10.3 Å². The summed E-state index contributed by atoms with van der Waals surface area (Å²) in [5.74, 6) is -1.18. The quantitative estimate of drug-likeness (QED) is 0.828. The van der Waals surface area contributed by atoms with Gasteiger partial charge in [0.15, 0.2) is 0 Å². The van der Waals surface area contributed by atoms with Crippen molar-refractivity contribution in [3.8, 4) is 0 Å². The fourth-order valence-corrected chi connectivity index (χ4v) is 3.25. The maximum absolute atomic E-state index is 12.2. The minimum Gasteiger partial charge on any atom is -0.477 e. The normalized spacial score (nSPS) is 10.4. The van der Waals surface area contributed by atoms with Gasteiger partial charge in [-0.15, -0.1) is 23.1 Å². The van der Waals surface area contributed by atoms with E-state index in [1.165, 1.54) is 11.8 Å². The number of aromatic nitrogens is 1. The maximum atomic E-state index is 12.2. The Hall–Kier alpha value is -1.86. The third kappa shape index (κ3) is 3.62. The summed E-state index contributed by atoms with van der Waals surface area (Å²) in [6, 6.07) is 7.34. The van der Waals surface area contributed by atoms with E-state index >= 15 is 0 Å². The second kappa shape index (κ2) is 6.73. The molecule has 0 fully saturated rings. The molecule has 0 unspecified atom stereocenters. The highest BCUT2D eigenvalue weighted by atomic mass is 32.2. The van der Waals surface area contributed by atoms with Gasteiger partial charge in [0.1, 0.15) is 9.88 Å². The van der Waals surface area contributed by atoms with Crippen molar-refractivity contribution >= 4 is 35.0 Å². The standard InChI is InChI=1S/C14H14N2O3S2/c1-8-12(14(18)19)21-11(16-8)7-15-13(17)9-5-3-4-6-10(9)20-2/h3-6H,7H2,1-2H3,(H,15,17)(H,18,19). The number of carbonyl (C=O) groups excluding carboxylic acids is 1. The number of carbonyl (C=O) groups is 2. The smallest absolute Gasteiger partial charge is 0.347 e. The Labute approximate surface area is 130 Å². The van der Waals surface area contributed by atoms with E-state index in [0.29, 0.717) is 16.3 Å². The monoisotopic (exact) mass is 322 g/mol. The predicted octanol–water partition coefficient (Wildman–Crippen LogP) is 2.80. The number of benzene rings is 1. The van der Waals surface area contributed by atoms with Crippen LogP contribution in [0.3, 0.4) is 0 Å². The number of nitrogens with zero attached hydrogens (tertiary/aromatic N) is 1. The first kappa shape index (κ1) is 15.5. The van der Waals surface area contributed by atoms with Crippen LogP contribution in [0.2, 0.25) is 0 Å². The maximum Gasteiger partial charge on any atom is 0.347 e. The van der Waals surface area contributed by atoms with Gasteiger partial charge in [-0.25, -0.2) is 9.78 Å². The zero-order valence-corrected chi connectivity index (χ0v) is 13.2. The number of rotatable bonds is 5. The van der Waals surface area contributed by atoms with E-state index in [1.54, 1.807) is 13.0 Å². The van der Waals surface area contributed by atoms with Crippen LogP contribution in [0.5, 0.6) is 0 Å². The second-order valence-electron chi connectivity index (χ2n) is 4.21. The minimum atomic E-state index is -0.990. The first-order valence-corrected chi connectivity index (χ1v) is 8.18. The number of carboxylic acids is 1. The molecule has 0 aliphatic heterocycles. The Morgan fingerprint density at radius 2 is 2.10 bits per heavy atom. The van der Waals surface area contributed by atoms with E-state index < -0.39 is 5.97 Å². The van der Waals surface area contributed by atoms with E-state index in [0.717, 1.165) is 16.2 Å². The number of aryl methyl sites for hydroxylation is 1. The summed E-state index contributed by atoms with van der Waals surface area (Å²) in [6.45, 7) is 1.87. The lowest BCUT2D eigenvalue weighted by molar-refractivity contribution is 0.0701. The molecule has 1 heterocycles. The van der Waals surface area contributed by atoms with Gasteiger partial charge in [0.05, 0.1) is 17.8 Å². The van der Waals surface area contributed by atoms with Gasteiger partial charge in [-0.1, -0.05) is 12.1 Å². The first-order chi connectivity index (χ1) is 10.0. The number of nitrogens with one attached hydrogen (secondary N) is 1. The highest BCUT2D eigenvalue weighted by Gasteiger charge is 2.15. The van der Waals surface area contributed by atoms with Crippen molar-refractivity contribution in [3.05, 3.63) is 45.4 Å². The van der Waals surface area contributed by atoms with Crippen LogP contribution in [0.15, 0.2) is 29.2 Å². The molecule has 2 N–H and O–H groups in total. The Kier molecular flexibility index (Phi) is 4.98. The molecule has 5 nitrogen and oxygen atoms in total. The molecular weight excluding hydrogens is 308 g/mol. The van der Waals surface area contributed by atoms with Gasteiger partial charge in [-0.3, -0.25) is 4.79 Å². The van der Waals surface area contributed by atoms with Gasteiger partial charge in [0.2, 0.25) is 0 Å². The number of amides is 1. The van der Waals surface area contributed by atoms with E-state index in [1.807, 2.05) is 24.5 Å². The van der Waals surface area contributed by atoms with E-state index in [2.05, 4.69) is 10.3 Å². The molecule has 2 aromatic rings. The van der Waals surface area contributed by atoms with Crippen LogP contribution in [0.1, 0.15) is 30.7 Å². The third-order valence-corrected chi connectivity index (χ3v) is 4.73. The lowest BCUT2D eigenvalue weighted by atomic mass is 10.2. The predicted molar refractivity (Wildman–Crippen MR) is 83.2 cm³/mol. The van der Waals surface area contributed by atoms with E-state index in [-0.39, 0.29) is 17.3 Å². The molecule has 0 aliphatic carbocycles. The van der Waals surface area contributed by atoms with Gasteiger partial charge < -0.3 is 10.4 Å². The molecule has 1 aromatic heterocycles. The molecule has 110 valence electrons. The average molecular weight is 322 g/mol. The molecule has 1 aromatic carbocycles. The van der Waals surface area contributed by atoms with Crippen LogP contribution in [-0.4, -0.2) is 28.2 Å². The van der Waals surface area contributed by atoms with Crippen LogP contribution < -0.4 is 5.32 Å². The van der Waals surface area contributed by atoms with Gasteiger partial charge in [-0.2, -0.15) is 0 Å². The molecular formula is C14H14N2O3S2. The van der Waals surface area contributed by atoms with Crippen molar-refractivity contribution in [2.75, 3.05) is 6.26 Å². The summed E-state index contributed by atoms with van der Waals surface area (Å²) < 4.78 is 0. The number of thioether (sulfide) groups is 1. The SMILES string of the molecule is CSc1ccccc1C(=O)NCc1nc(C)c(C(=O)O)s1. The Balaban J connectivity index is 2.07. The number of carboxylic acid groups (broad SMARTS) is 1. The first-order valence-electron chi connectivity index (χ1n) is 6.13. The van der Waals surface area contributed by atoms with Crippen molar-refractivity contribution in [2.24, 2.45) is 0 Å². The molecule has 0 bridgehead atoms. The van der Waals surface area contributed by atoms with Crippen LogP contribution in [-0.2, 0) is 6.54 Å². The van der Waals surface area contributed by atoms with Gasteiger partial charge in [-0.05, 0) is 25.3 Å². The fraction of sp³-hybridized carbons (Fsp3) is 0.214. The zero-order chi connectivity index (χ0) is 15.4. The molecule has 7 heteroatoms. The number of hydrogen-bond acceptors (Lipinski definition) is 5. The third-order valence-electron chi connectivity index (χ3n) is 2.79. The van der Waals surface area contributed by atoms with E-state index in [4.69, 9.17) is 5.11 Å². The van der Waals surface area contributed by atoms with Gasteiger partial charge in [0.25, 0.3) is 5.91 Å². The summed E-state index contributed by atoms with van der Waals surface area (Å²) in [4.78, 5) is 28.4. The fourth-order valence-electron chi connectivity index (χ4n) is 1.81. The summed E-state index contributed by atoms with van der Waals surface area (Å²) in [5, 5.41) is 12.3. The molecule has 2 rings (SSSR count). The van der Waals surface area contributed by atoms with Crippen molar-refractivity contribution in [1.29, 1.82) is 0 Å². The molecule has 21 heavy (non-hydrogen) atoms. The van der Waals surface area contributed by atoms with Gasteiger partial charge >= 0.3 is 5.97 Å². The molecule has 0 spiro atoms. The van der Waals surface area contributed by atoms with Crippen LogP contribution in [0, 0.1) is 6.92 Å². The number of thiazole rings is 1. The minimum absolute atomic E-state index is 0.190. The topological polar surface area (TPSA) is 79.3 Å².